The number of nitrogens with zero attached hydrogens (tertiary/aromatic N) is 3. The predicted molar refractivity (Wildman–Crippen MR) is 123 cm³/mol. The topological polar surface area (TPSA) is 56.2 Å². The number of carbonyl (C=O) groups excluding carboxylic acids is 1. The second-order valence-corrected chi connectivity index (χ2v) is 11.3. The lowest BCUT2D eigenvalue weighted by atomic mass is 9.90. The van der Waals surface area contributed by atoms with Crippen LogP contribution in [0.2, 0.25) is 0 Å². The summed E-state index contributed by atoms with van der Waals surface area (Å²) in [6.07, 6.45) is -0.844. The Hall–Kier alpha value is -1.27. The van der Waals surface area contributed by atoms with E-state index in [1.165, 1.54) is 18.2 Å². The van der Waals surface area contributed by atoms with E-state index in [0.29, 0.717) is 31.9 Å². The summed E-state index contributed by atoms with van der Waals surface area (Å²) in [5.74, 6) is -0.351. The summed E-state index contributed by atoms with van der Waals surface area (Å²) in [6.45, 7) is 5.99. The zero-order chi connectivity index (χ0) is 23.1. The Bertz CT molecular complexity index is 847. The number of amides is 1. The van der Waals surface area contributed by atoms with Crippen molar-refractivity contribution in [2.24, 2.45) is 5.41 Å². The van der Waals surface area contributed by atoms with Crippen molar-refractivity contribution < 1.29 is 27.8 Å². The van der Waals surface area contributed by atoms with Gasteiger partial charge in [0.05, 0.1) is 6.10 Å². The molecule has 1 aliphatic carbocycles. The number of benzene rings is 1. The van der Waals surface area contributed by atoms with Crippen molar-refractivity contribution in [1.29, 1.82) is 0 Å². The van der Waals surface area contributed by atoms with Gasteiger partial charge >= 0.3 is 6.36 Å². The molecule has 32 heavy (non-hydrogen) atoms. The number of carbonyl (C=O) groups is 1. The van der Waals surface area contributed by atoms with Crippen LogP contribution in [0.3, 0.4) is 0 Å². The molecule has 1 aromatic carbocycles. The molecule has 2 heterocycles. The first-order chi connectivity index (χ1) is 15.0. The summed E-state index contributed by atoms with van der Waals surface area (Å²) < 4.78 is 40.9. The molecule has 1 saturated carbocycles. The largest absolute Gasteiger partial charge is 0.573 e. The number of rotatable bonds is 6. The van der Waals surface area contributed by atoms with Crippen molar-refractivity contribution in [1.82, 2.24) is 9.80 Å². The fourth-order valence-corrected chi connectivity index (χ4v) is 5.74. The molecule has 1 aromatic rings. The Morgan fingerprint density at radius 2 is 1.94 bits per heavy atom. The molecule has 2 saturated heterocycles. The van der Waals surface area contributed by atoms with E-state index in [9.17, 15) is 23.1 Å². The number of piperidine rings is 1. The second-order valence-electron chi connectivity index (χ2n) is 9.22. The maximum atomic E-state index is 13.2. The molecule has 3 fully saturated rings. The summed E-state index contributed by atoms with van der Waals surface area (Å²) in [5, 5.41) is 10.4. The van der Waals surface area contributed by atoms with E-state index in [2.05, 4.69) is 32.2 Å². The van der Waals surface area contributed by atoms with Crippen molar-refractivity contribution >= 4 is 34.2 Å². The third-order valence-electron chi connectivity index (χ3n) is 7.00. The molecular formula is C22H29F3IN3O3. The molecule has 1 amide bonds. The van der Waals surface area contributed by atoms with Gasteiger partial charge in [0, 0.05) is 37.9 Å². The van der Waals surface area contributed by atoms with Gasteiger partial charge in [0.15, 0.2) is 3.55 Å². The van der Waals surface area contributed by atoms with Crippen LogP contribution in [0, 0.1) is 5.41 Å². The van der Waals surface area contributed by atoms with Gasteiger partial charge in [-0.2, -0.15) is 0 Å². The molecule has 3 aliphatic rings. The highest BCUT2D eigenvalue weighted by molar-refractivity contribution is 14.1. The van der Waals surface area contributed by atoms with E-state index in [1.807, 2.05) is 9.80 Å². The Balaban J connectivity index is 1.32. The Kier molecular flexibility index (Phi) is 6.58. The van der Waals surface area contributed by atoms with Gasteiger partial charge in [-0.05, 0) is 85.8 Å². The SMILES string of the molecule is CC1(I)C(=O)N(CCCN2CCC3(CC3)C(O)C2)CCN1c1cccc(OC(F)(F)F)c1. The van der Waals surface area contributed by atoms with Gasteiger partial charge in [0.1, 0.15) is 5.75 Å². The van der Waals surface area contributed by atoms with Gasteiger partial charge in [-0.3, -0.25) is 4.79 Å². The van der Waals surface area contributed by atoms with Crippen LogP contribution in [0.5, 0.6) is 5.75 Å². The average molecular weight is 567 g/mol. The molecule has 178 valence electrons. The molecule has 2 aliphatic heterocycles. The molecule has 2 unspecified atom stereocenters. The van der Waals surface area contributed by atoms with E-state index in [0.717, 1.165) is 38.8 Å². The van der Waals surface area contributed by atoms with Crippen molar-refractivity contribution in [3.8, 4) is 5.75 Å². The standard InChI is InChI=1S/C22H29F3IN3O3/c1-20(26)19(31)28(10-3-9-27-11-8-21(6-7-21)18(30)15-27)12-13-29(20)16-4-2-5-17(14-16)32-22(23,24)25/h2,4-5,14,18,30H,3,6-13,15H2,1H3. The van der Waals surface area contributed by atoms with Crippen molar-refractivity contribution in [2.75, 3.05) is 44.2 Å². The lowest BCUT2D eigenvalue weighted by Crippen LogP contribution is -2.61. The number of hydrogen-bond acceptors (Lipinski definition) is 5. The monoisotopic (exact) mass is 567 g/mol. The van der Waals surface area contributed by atoms with Crippen molar-refractivity contribution in [3.63, 3.8) is 0 Å². The first-order valence-electron chi connectivity index (χ1n) is 11.0. The van der Waals surface area contributed by atoms with Crippen LogP contribution in [0.25, 0.3) is 0 Å². The van der Waals surface area contributed by atoms with Gasteiger partial charge < -0.3 is 24.5 Å². The maximum Gasteiger partial charge on any atom is 0.573 e. The van der Waals surface area contributed by atoms with Crippen molar-refractivity contribution in [2.45, 2.75) is 48.6 Å². The van der Waals surface area contributed by atoms with Gasteiger partial charge in [-0.1, -0.05) is 6.07 Å². The van der Waals surface area contributed by atoms with Crippen LogP contribution in [0.1, 0.15) is 32.6 Å². The smallest absolute Gasteiger partial charge is 0.406 e. The summed E-state index contributed by atoms with van der Waals surface area (Å²) in [6, 6.07) is 5.76. The third kappa shape index (κ3) is 5.11. The molecule has 1 spiro atoms. The predicted octanol–water partition coefficient (Wildman–Crippen LogP) is 3.62. The van der Waals surface area contributed by atoms with Gasteiger partial charge in [-0.15, -0.1) is 13.2 Å². The number of halogens is 4. The molecule has 10 heteroatoms. The van der Waals surface area contributed by atoms with E-state index >= 15 is 0 Å². The minimum atomic E-state index is -4.76. The van der Waals surface area contributed by atoms with Crippen LogP contribution >= 0.6 is 22.6 Å². The average Bonchev–Trinajstić information content (AvgIpc) is 3.48. The molecule has 4 rings (SSSR count). The highest BCUT2D eigenvalue weighted by Crippen LogP contribution is 2.53. The second kappa shape index (κ2) is 8.83. The molecule has 2 atom stereocenters. The van der Waals surface area contributed by atoms with Crippen molar-refractivity contribution in [3.05, 3.63) is 24.3 Å². The minimum absolute atomic E-state index is 0.0536. The zero-order valence-corrected chi connectivity index (χ0v) is 20.2. The number of piperazine rings is 1. The Morgan fingerprint density at radius 1 is 1.19 bits per heavy atom. The Morgan fingerprint density at radius 3 is 2.59 bits per heavy atom. The van der Waals surface area contributed by atoms with Crippen LogP contribution in [-0.2, 0) is 4.79 Å². The first kappa shape index (κ1) is 23.9. The van der Waals surface area contributed by atoms with E-state index < -0.39 is 9.91 Å². The van der Waals surface area contributed by atoms with Crippen LogP contribution in [-0.4, -0.2) is 76.1 Å². The van der Waals surface area contributed by atoms with Gasteiger partial charge in [-0.25, -0.2) is 0 Å². The highest BCUT2D eigenvalue weighted by atomic mass is 127. The highest BCUT2D eigenvalue weighted by Gasteiger charge is 2.51. The first-order valence-corrected chi connectivity index (χ1v) is 12.1. The number of aliphatic hydroxyl groups is 1. The summed E-state index contributed by atoms with van der Waals surface area (Å²) in [5.41, 5.74) is 0.710. The van der Waals surface area contributed by atoms with Gasteiger partial charge in [0.25, 0.3) is 5.91 Å². The van der Waals surface area contributed by atoms with Crippen LogP contribution in [0.4, 0.5) is 18.9 Å². The number of likely N-dealkylation sites (tertiary alicyclic amines) is 1. The van der Waals surface area contributed by atoms with E-state index in [-0.39, 0.29) is 23.2 Å². The molecule has 6 nitrogen and oxygen atoms in total. The summed E-state index contributed by atoms with van der Waals surface area (Å²) in [7, 11) is 0. The van der Waals surface area contributed by atoms with Crippen LogP contribution < -0.4 is 9.64 Å². The number of aliphatic hydroxyl groups excluding tert-OH is 1. The zero-order valence-electron chi connectivity index (χ0n) is 18.1. The normalized spacial score (nSPS) is 28.3. The Labute approximate surface area is 199 Å². The number of β-amino-alcohol motifs (C(OH)–C–C–N with tert-alkyl or cyclic N) is 1. The fourth-order valence-electron chi connectivity index (χ4n) is 4.88. The minimum Gasteiger partial charge on any atom is -0.406 e. The molecule has 0 radical (unpaired) electrons. The lowest BCUT2D eigenvalue weighted by molar-refractivity contribution is -0.274. The molecule has 0 bridgehead atoms. The van der Waals surface area contributed by atoms with E-state index in [4.69, 9.17) is 0 Å². The fraction of sp³-hybridized carbons (Fsp3) is 0.682. The van der Waals surface area contributed by atoms with E-state index in [1.54, 1.807) is 13.0 Å². The molecule has 0 aromatic heterocycles. The number of hydrogen-bond donors (Lipinski definition) is 1. The number of alkyl halides is 4. The third-order valence-corrected chi connectivity index (χ3v) is 8.04. The number of ether oxygens (including phenoxy) is 1. The quantitative estimate of drug-likeness (QED) is 0.324. The summed E-state index contributed by atoms with van der Waals surface area (Å²) >= 11 is 2.07. The maximum absolute atomic E-state index is 13.2. The number of anilines is 1. The van der Waals surface area contributed by atoms with Gasteiger partial charge in [0.2, 0.25) is 0 Å². The lowest BCUT2D eigenvalue weighted by Gasteiger charge is -2.46. The molecular weight excluding hydrogens is 538 g/mol. The summed E-state index contributed by atoms with van der Waals surface area (Å²) in [4.78, 5) is 19.1. The van der Waals surface area contributed by atoms with Crippen LogP contribution in [0.15, 0.2) is 24.3 Å². The molecule has 1 N–H and O–H groups in total.